The van der Waals surface area contributed by atoms with Crippen LogP contribution in [0.25, 0.3) is 0 Å². The molecule has 124 valence electrons. The molecular formula is C15H13BrF3NO2S. The third-order valence-corrected chi connectivity index (χ3v) is 5.23. The van der Waals surface area contributed by atoms with Gasteiger partial charge in [0.15, 0.2) is 0 Å². The molecule has 1 N–H and O–H groups in total. The molecule has 0 atom stereocenters. The van der Waals surface area contributed by atoms with Gasteiger partial charge >= 0.3 is 6.18 Å². The molecule has 2 aromatic carbocycles. The summed E-state index contributed by atoms with van der Waals surface area (Å²) in [6, 6.07) is 7.86. The fourth-order valence-corrected chi connectivity index (χ4v) is 3.65. The summed E-state index contributed by atoms with van der Waals surface area (Å²) in [5, 5.41) is 0. The van der Waals surface area contributed by atoms with Crippen molar-refractivity contribution >= 4 is 31.6 Å². The molecule has 0 radical (unpaired) electrons. The summed E-state index contributed by atoms with van der Waals surface area (Å²) in [4.78, 5) is -0.451. The maximum atomic E-state index is 12.9. The van der Waals surface area contributed by atoms with Crippen molar-refractivity contribution in [3.8, 4) is 0 Å². The van der Waals surface area contributed by atoms with Gasteiger partial charge in [-0.15, -0.1) is 0 Å². The Morgan fingerprint density at radius 2 is 1.70 bits per heavy atom. The number of hydrogen-bond donors (Lipinski definition) is 1. The lowest BCUT2D eigenvalue weighted by atomic mass is 10.1. The number of hydrogen-bond acceptors (Lipinski definition) is 2. The van der Waals surface area contributed by atoms with Crippen molar-refractivity contribution in [3.05, 3.63) is 57.6 Å². The lowest BCUT2D eigenvalue weighted by Gasteiger charge is -2.14. The van der Waals surface area contributed by atoms with Crippen LogP contribution in [0.1, 0.15) is 16.7 Å². The van der Waals surface area contributed by atoms with Gasteiger partial charge in [0, 0.05) is 4.47 Å². The number of halogens is 4. The van der Waals surface area contributed by atoms with Gasteiger partial charge in [0.2, 0.25) is 0 Å². The van der Waals surface area contributed by atoms with Crippen LogP contribution in [0.4, 0.5) is 18.9 Å². The molecule has 23 heavy (non-hydrogen) atoms. The van der Waals surface area contributed by atoms with E-state index in [1.54, 1.807) is 25.1 Å². The predicted octanol–water partition coefficient (Wildman–Crippen LogP) is 4.89. The first-order chi connectivity index (χ1) is 10.5. The van der Waals surface area contributed by atoms with Crippen LogP contribution in [0.5, 0.6) is 0 Å². The van der Waals surface area contributed by atoms with E-state index in [9.17, 15) is 21.6 Å². The van der Waals surface area contributed by atoms with Gasteiger partial charge in [-0.1, -0.05) is 33.6 Å². The van der Waals surface area contributed by atoms with Gasteiger partial charge in [-0.05, 0) is 43.7 Å². The van der Waals surface area contributed by atoms with E-state index in [1.807, 2.05) is 6.92 Å². The van der Waals surface area contributed by atoms with Crippen molar-refractivity contribution in [2.75, 3.05) is 4.72 Å². The zero-order valence-electron chi connectivity index (χ0n) is 12.2. The highest BCUT2D eigenvalue weighted by Gasteiger charge is 2.34. The number of alkyl halides is 3. The van der Waals surface area contributed by atoms with Crippen molar-refractivity contribution in [1.82, 2.24) is 0 Å². The van der Waals surface area contributed by atoms with Crippen LogP contribution in [0, 0.1) is 13.8 Å². The van der Waals surface area contributed by atoms with Crippen LogP contribution in [0.2, 0.25) is 0 Å². The van der Waals surface area contributed by atoms with Crippen molar-refractivity contribution < 1.29 is 21.6 Å². The summed E-state index contributed by atoms with van der Waals surface area (Å²) in [7, 11) is -4.12. The minimum absolute atomic E-state index is 0.213. The molecule has 0 saturated carbocycles. The van der Waals surface area contributed by atoms with Gasteiger partial charge < -0.3 is 0 Å². The van der Waals surface area contributed by atoms with Gasteiger partial charge in [-0.25, -0.2) is 8.42 Å². The molecule has 0 aliphatic heterocycles. The normalized spacial score (nSPS) is 12.3. The van der Waals surface area contributed by atoms with Crippen LogP contribution >= 0.6 is 15.9 Å². The van der Waals surface area contributed by atoms with Crippen molar-refractivity contribution in [3.63, 3.8) is 0 Å². The van der Waals surface area contributed by atoms with Crippen molar-refractivity contribution in [2.24, 2.45) is 0 Å². The van der Waals surface area contributed by atoms with Crippen LogP contribution < -0.4 is 4.72 Å². The Kier molecular flexibility index (Phi) is 4.77. The number of anilines is 1. The van der Waals surface area contributed by atoms with Gasteiger partial charge in [0.25, 0.3) is 10.0 Å². The maximum absolute atomic E-state index is 12.9. The number of benzene rings is 2. The third-order valence-electron chi connectivity index (χ3n) is 3.18. The molecule has 0 fully saturated rings. The van der Waals surface area contributed by atoms with E-state index in [0.29, 0.717) is 17.3 Å². The Labute approximate surface area is 140 Å². The highest BCUT2D eigenvalue weighted by Crippen LogP contribution is 2.36. The SMILES string of the molecule is Cc1ccc(NS(=O)(=O)c2ccc(Br)c(C(F)(F)F)c2)c(C)c1. The highest BCUT2D eigenvalue weighted by atomic mass is 79.9. The van der Waals surface area contributed by atoms with E-state index in [0.717, 1.165) is 17.7 Å². The molecule has 0 aliphatic carbocycles. The zero-order chi connectivity index (χ0) is 17.4. The average molecular weight is 408 g/mol. The molecule has 2 rings (SSSR count). The Morgan fingerprint density at radius 3 is 2.26 bits per heavy atom. The van der Waals surface area contributed by atoms with E-state index in [4.69, 9.17) is 0 Å². The Balaban J connectivity index is 2.44. The molecule has 0 aromatic heterocycles. The topological polar surface area (TPSA) is 46.2 Å². The molecule has 0 spiro atoms. The molecule has 0 saturated heterocycles. The minimum atomic E-state index is -4.65. The second kappa shape index (κ2) is 6.16. The fraction of sp³-hybridized carbons (Fsp3) is 0.200. The van der Waals surface area contributed by atoms with Crippen LogP contribution in [-0.4, -0.2) is 8.42 Å². The molecule has 0 aliphatic rings. The first-order valence-corrected chi connectivity index (χ1v) is 8.75. The van der Waals surface area contributed by atoms with Crippen LogP contribution in [-0.2, 0) is 16.2 Å². The first kappa shape index (κ1) is 17.8. The molecule has 0 unspecified atom stereocenters. The van der Waals surface area contributed by atoms with E-state index < -0.39 is 26.7 Å². The number of rotatable bonds is 3. The predicted molar refractivity (Wildman–Crippen MR) is 85.9 cm³/mol. The summed E-state index contributed by atoms with van der Waals surface area (Å²) in [6.45, 7) is 3.57. The van der Waals surface area contributed by atoms with Gasteiger partial charge in [0.1, 0.15) is 0 Å². The second-order valence-corrected chi connectivity index (χ2v) is 7.60. The molecule has 0 bridgehead atoms. The lowest BCUT2D eigenvalue weighted by Crippen LogP contribution is -2.15. The van der Waals surface area contributed by atoms with E-state index in [1.165, 1.54) is 0 Å². The van der Waals surface area contributed by atoms with Crippen LogP contribution in [0.15, 0.2) is 45.8 Å². The first-order valence-electron chi connectivity index (χ1n) is 6.47. The standard InChI is InChI=1S/C15H13BrF3NO2S/c1-9-3-6-14(10(2)7-9)20-23(21,22)11-4-5-13(16)12(8-11)15(17,18)19/h3-8,20H,1-2H3. The van der Waals surface area contributed by atoms with Crippen molar-refractivity contribution in [2.45, 2.75) is 24.9 Å². The number of nitrogens with one attached hydrogen (secondary N) is 1. The smallest absolute Gasteiger partial charge is 0.279 e. The quantitative estimate of drug-likeness (QED) is 0.787. The molecular weight excluding hydrogens is 395 g/mol. The van der Waals surface area contributed by atoms with E-state index in [-0.39, 0.29) is 4.47 Å². The number of sulfonamides is 1. The zero-order valence-corrected chi connectivity index (χ0v) is 14.6. The van der Waals surface area contributed by atoms with Crippen molar-refractivity contribution in [1.29, 1.82) is 0 Å². The average Bonchev–Trinajstić information content (AvgIpc) is 2.41. The molecule has 8 heteroatoms. The maximum Gasteiger partial charge on any atom is 0.417 e. The molecule has 3 nitrogen and oxygen atoms in total. The molecule has 0 heterocycles. The Morgan fingerprint density at radius 1 is 1.04 bits per heavy atom. The minimum Gasteiger partial charge on any atom is -0.279 e. The van der Waals surface area contributed by atoms with E-state index in [2.05, 4.69) is 20.7 Å². The van der Waals surface area contributed by atoms with E-state index >= 15 is 0 Å². The lowest BCUT2D eigenvalue weighted by molar-refractivity contribution is -0.138. The summed E-state index contributed by atoms with van der Waals surface area (Å²) >= 11 is 2.78. The summed E-state index contributed by atoms with van der Waals surface area (Å²) in [6.07, 6.45) is -4.65. The van der Waals surface area contributed by atoms with Gasteiger partial charge in [-0.2, -0.15) is 13.2 Å². The van der Waals surface area contributed by atoms with Gasteiger partial charge in [0.05, 0.1) is 16.1 Å². The van der Waals surface area contributed by atoms with Crippen LogP contribution in [0.3, 0.4) is 0 Å². The summed E-state index contributed by atoms with van der Waals surface area (Å²) in [5.74, 6) is 0. The second-order valence-electron chi connectivity index (χ2n) is 5.06. The highest BCUT2D eigenvalue weighted by molar-refractivity contribution is 9.10. The number of aryl methyl sites for hydroxylation is 2. The molecule has 2 aromatic rings. The summed E-state index contributed by atoms with van der Waals surface area (Å²) < 4.78 is 65.5. The monoisotopic (exact) mass is 407 g/mol. The Bertz CT molecular complexity index is 848. The fourth-order valence-electron chi connectivity index (χ4n) is 2.02. The third kappa shape index (κ3) is 4.06. The molecule has 0 amide bonds. The van der Waals surface area contributed by atoms with Gasteiger partial charge in [-0.3, -0.25) is 4.72 Å². The Hall–Kier alpha value is -1.54. The largest absolute Gasteiger partial charge is 0.417 e. The summed E-state index contributed by atoms with van der Waals surface area (Å²) in [5.41, 5.74) is 0.920.